The Morgan fingerprint density at radius 3 is 2.46 bits per heavy atom. The summed E-state index contributed by atoms with van der Waals surface area (Å²) in [5.41, 5.74) is 1.90. The third-order valence-electron chi connectivity index (χ3n) is 3.83. The monoisotopic (exact) mass is 327 g/mol. The van der Waals surface area contributed by atoms with Gasteiger partial charge in [-0.1, -0.05) is 42.5 Å². The molecular weight excluding hydrogens is 306 g/mol. The average molecular weight is 327 g/mol. The van der Waals surface area contributed by atoms with Crippen molar-refractivity contribution in [3.8, 4) is 0 Å². The van der Waals surface area contributed by atoms with Crippen molar-refractivity contribution in [1.29, 1.82) is 0 Å². The Balaban J connectivity index is 1.94. The maximum atomic E-state index is 12.1. The highest BCUT2D eigenvalue weighted by molar-refractivity contribution is 5.88. The number of carboxylic acid groups (broad SMARTS) is 1. The molecule has 126 valence electrons. The SMILES string of the molecule is O=C(Cc1cccc(C(=O)O)c1)NCC(CCO)c1ccccc1. The molecule has 0 aliphatic heterocycles. The van der Waals surface area contributed by atoms with Crippen LogP contribution in [0.1, 0.15) is 33.8 Å². The molecule has 0 heterocycles. The topological polar surface area (TPSA) is 86.6 Å². The van der Waals surface area contributed by atoms with Crippen LogP contribution in [0.15, 0.2) is 54.6 Å². The van der Waals surface area contributed by atoms with E-state index in [2.05, 4.69) is 5.32 Å². The first-order chi connectivity index (χ1) is 11.6. The zero-order chi connectivity index (χ0) is 17.4. The number of aromatic carboxylic acids is 1. The maximum Gasteiger partial charge on any atom is 0.335 e. The summed E-state index contributed by atoms with van der Waals surface area (Å²) in [6, 6.07) is 16.1. The second kappa shape index (κ2) is 8.84. The van der Waals surface area contributed by atoms with Gasteiger partial charge in [0.25, 0.3) is 0 Å². The van der Waals surface area contributed by atoms with E-state index in [0.717, 1.165) is 5.56 Å². The fourth-order valence-corrected chi connectivity index (χ4v) is 2.57. The van der Waals surface area contributed by atoms with Gasteiger partial charge in [-0.2, -0.15) is 0 Å². The van der Waals surface area contributed by atoms with Crippen LogP contribution in [0.4, 0.5) is 0 Å². The minimum Gasteiger partial charge on any atom is -0.478 e. The minimum atomic E-state index is -1.01. The first-order valence-corrected chi connectivity index (χ1v) is 7.85. The predicted octanol–water partition coefficient (Wildman–Crippen LogP) is 2.21. The van der Waals surface area contributed by atoms with Crippen LogP contribution in [0.5, 0.6) is 0 Å². The van der Waals surface area contributed by atoms with Crippen molar-refractivity contribution in [3.05, 3.63) is 71.3 Å². The predicted molar refractivity (Wildman–Crippen MR) is 91.0 cm³/mol. The van der Waals surface area contributed by atoms with Crippen molar-refractivity contribution in [1.82, 2.24) is 5.32 Å². The lowest BCUT2D eigenvalue weighted by Gasteiger charge is -2.17. The lowest BCUT2D eigenvalue weighted by molar-refractivity contribution is -0.120. The van der Waals surface area contributed by atoms with E-state index in [1.807, 2.05) is 30.3 Å². The molecule has 5 nitrogen and oxygen atoms in total. The fraction of sp³-hybridized carbons (Fsp3) is 0.263. The third-order valence-corrected chi connectivity index (χ3v) is 3.83. The Morgan fingerprint density at radius 2 is 1.79 bits per heavy atom. The van der Waals surface area contributed by atoms with E-state index in [1.165, 1.54) is 12.1 Å². The van der Waals surface area contributed by atoms with Gasteiger partial charge in [-0.15, -0.1) is 0 Å². The molecule has 1 atom stereocenters. The van der Waals surface area contributed by atoms with Crippen molar-refractivity contribution >= 4 is 11.9 Å². The quantitative estimate of drug-likeness (QED) is 0.694. The van der Waals surface area contributed by atoms with E-state index in [9.17, 15) is 14.7 Å². The van der Waals surface area contributed by atoms with E-state index < -0.39 is 5.97 Å². The molecule has 0 bridgehead atoms. The molecular formula is C19H21NO4. The molecule has 0 saturated carbocycles. The molecule has 5 heteroatoms. The van der Waals surface area contributed by atoms with Crippen LogP contribution in [-0.2, 0) is 11.2 Å². The summed E-state index contributed by atoms with van der Waals surface area (Å²) in [7, 11) is 0. The fourth-order valence-electron chi connectivity index (χ4n) is 2.57. The van der Waals surface area contributed by atoms with E-state index >= 15 is 0 Å². The number of carbonyl (C=O) groups is 2. The van der Waals surface area contributed by atoms with Crippen LogP contribution in [-0.4, -0.2) is 35.2 Å². The van der Waals surface area contributed by atoms with Crippen molar-refractivity contribution in [2.24, 2.45) is 0 Å². The third kappa shape index (κ3) is 5.21. The summed E-state index contributed by atoms with van der Waals surface area (Å²) in [5.74, 6) is -1.13. The van der Waals surface area contributed by atoms with Crippen LogP contribution >= 0.6 is 0 Å². The van der Waals surface area contributed by atoms with Gasteiger partial charge in [0.2, 0.25) is 5.91 Å². The molecule has 1 amide bonds. The van der Waals surface area contributed by atoms with E-state index in [0.29, 0.717) is 18.5 Å². The standard InChI is InChI=1S/C19H21NO4/c21-10-9-17(15-6-2-1-3-7-15)13-20-18(22)12-14-5-4-8-16(11-14)19(23)24/h1-8,11,17,21H,9-10,12-13H2,(H,20,22)(H,23,24). The van der Waals surface area contributed by atoms with E-state index in [4.69, 9.17) is 5.11 Å². The van der Waals surface area contributed by atoms with E-state index in [1.54, 1.807) is 12.1 Å². The average Bonchev–Trinajstić information content (AvgIpc) is 2.59. The van der Waals surface area contributed by atoms with Gasteiger partial charge in [0.05, 0.1) is 12.0 Å². The number of rotatable bonds is 8. The van der Waals surface area contributed by atoms with Gasteiger partial charge in [0.15, 0.2) is 0 Å². The first kappa shape index (κ1) is 17.7. The summed E-state index contributed by atoms with van der Waals surface area (Å²) in [6.45, 7) is 0.484. The molecule has 2 aromatic rings. The molecule has 0 aromatic heterocycles. The lowest BCUT2D eigenvalue weighted by atomic mass is 9.96. The second-order valence-corrected chi connectivity index (χ2v) is 5.61. The van der Waals surface area contributed by atoms with Gasteiger partial charge in [0, 0.05) is 19.1 Å². The summed E-state index contributed by atoms with van der Waals surface area (Å²) >= 11 is 0. The molecule has 3 N–H and O–H groups in total. The molecule has 2 aromatic carbocycles. The Hall–Kier alpha value is -2.66. The zero-order valence-corrected chi connectivity index (χ0v) is 13.3. The van der Waals surface area contributed by atoms with Crippen LogP contribution in [0.3, 0.4) is 0 Å². The highest BCUT2D eigenvalue weighted by atomic mass is 16.4. The normalized spacial score (nSPS) is 11.7. The highest BCUT2D eigenvalue weighted by Crippen LogP contribution is 2.18. The van der Waals surface area contributed by atoms with Gasteiger partial charge in [0.1, 0.15) is 0 Å². The van der Waals surface area contributed by atoms with Crippen molar-refractivity contribution in [2.45, 2.75) is 18.8 Å². The summed E-state index contributed by atoms with van der Waals surface area (Å²) in [4.78, 5) is 23.1. The van der Waals surface area contributed by atoms with Crippen molar-refractivity contribution < 1.29 is 19.8 Å². The molecule has 1 unspecified atom stereocenters. The molecule has 0 saturated heterocycles. The number of nitrogens with one attached hydrogen (secondary N) is 1. The second-order valence-electron chi connectivity index (χ2n) is 5.61. The number of amides is 1. The van der Waals surface area contributed by atoms with Crippen LogP contribution in [0, 0.1) is 0 Å². The Labute approximate surface area is 141 Å². The molecule has 24 heavy (non-hydrogen) atoms. The molecule has 0 aliphatic rings. The number of carbonyl (C=O) groups excluding carboxylic acids is 1. The number of hydrogen-bond acceptors (Lipinski definition) is 3. The Bertz CT molecular complexity index is 685. The summed E-state index contributed by atoms with van der Waals surface area (Å²) < 4.78 is 0. The molecule has 0 aliphatic carbocycles. The molecule has 0 spiro atoms. The van der Waals surface area contributed by atoms with Gasteiger partial charge in [-0.05, 0) is 29.7 Å². The summed E-state index contributed by atoms with van der Waals surface area (Å²) in [6.07, 6.45) is 0.695. The first-order valence-electron chi connectivity index (χ1n) is 7.85. The van der Waals surface area contributed by atoms with Crippen LogP contribution < -0.4 is 5.32 Å². The number of hydrogen-bond donors (Lipinski definition) is 3. The van der Waals surface area contributed by atoms with Crippen molar-refractivity contribution in [3.63, 3.8) is 0 Å². The summed E-state index contributed by atoms with van der Waals surface area (Å²) in [5, 5.41) is 21.1. The minimum absolute atomic E-state index is 0.0468. The van der Waals surface area contributed by atoms with E-state index in [-0.39, 0.29) is 30.4 Å². The van der Waals surface area contributed by atoms with Crippen LogP contribution in [0.2, 0.25) is 0 Å². The lowest BCUT2D eigenvalue weighted by Crippen LogP contribution is -2.30. The number of benzene rings is 2. The smallest absolute Gasteiger partial charge is 0.335 e. The molecule has 0 radical (unpaired) electrons. The number of aliphatic hydroxyl groups is 1. The molecule has 0 fully saturated rings. The molecule has 2 rings (SSSR count). The van der Waals surface area contributed by atoms with Gasteiger partial charge in [-0.3, -0.25) is 4.79 Å². The zero-order valence-electron chi connectivity index (χ0n) is 13.3. The van der Waals surface area contributed by atoms with Crippen molar-refractivity contribution in [2.75, 3.05) is 13.2 Å². The maximum absolute atomic E-state index is 12.1. The number of carboxylic acids is 1. The number of aliphatic hydroxyl groups excluding tert-OH is 1. The van der Waals surface area contributed by atoms with Gasteiger partial charge < -0.3 is 15.5 Å². The Kier molecular flexibility index (Phi) is 6.51. The van der Waals surface area contributed by atoms with Gasteiger partial charge >= 0.3 is 5.97 Å². The highest BCUT2D eigenvalue weighted by Gasteiger charge is 2.13. The largest absolute Gasteiger partial charge is 0.478 e. The van der Waals surface area contributed by atoms with Gasteiger partial charge in [-0.25, -0.2) is 4.79 Å². The Morgan fingerprint density at radius 1 is 1.04 bits per heavy atom. The van der Waals surface area contributed by atoms with Crippen LogP contribution in [0.25, 0.3) is 0 Å².